The third-order valence-corrected chi connectivity index (χ3v) is 3.78. The van der Waals surface area contributed by atoms with E-state index in [1.807, 2.05) is 37.3 Å². The van der Waals surface area contributed by atoms with Crippen molar-refractivity contribution < 1.29 is 19.0 Å². The van der Waals surface area contributed by atoms with Crippen LogP contribution in [0, 0.1) is 6.92 Å². The van der Waals surface area contributed by atoms with E-state index in [-0.39, 0.29) is 5.78 Å². The van der Waals surface area contributed by atoms with Gasteiger partial charge in [-0.25, -0.2) is 0 Å². The van der Waals surface area contributed by atoms with Gasteiger partial charge in [-0.2, -0.15) is 0 Å². The van der Waals surface area contributed by atoms with Crippen molar-refractivity contribution >= 4 is 17.9 Å². The molecule has 0 saturated carbocycles. The summed E-state index contributed by atoms with van der Waals surface area (Å²) in [6, 6.07) is 11.2. The molecule has 0 heterocycles. The Labute approximate surface area is 148 Å². The number of methoxy groups -OCH3 is 3. The Kier molecular flexibility index (Phi) is 6.40. The summed E-state index contributed by atoms with van der Waals surface area (Å²) in [7, 11) is 4.81. The fourth-order valence-electron chi connectivity index (χ4n) is 2.29. The Balaban J connectivity index is 2.16. The second kappa shape index (κ2) is 8.73. The maximum absolute atomic E-state index is 12.1. The van der Waals surface area contributed by atoms with Gasteiger partial charge in [0, 0.05) is 5.56 Å². The number of carbonyl (C=O) groups is 1. The molecule has 0 unspecified atom stereocenters. The van der Waals surface area contributed by atoms with E-state index >= 15 is 0 Å². The van der Waals surface area contributed by atoms with Crippen LogP contribution in [-0.2, 0) is 4.79 Å². The molecule has 4 nitrogen and oxygen atoms in total. The van der Waals surface area contributed by atoms with Gasteiger partial charge in [0.25, 0.3) is 0 Å². The van der Waals surface area contributed by atoms with Gasteiger partial charge in [-0.05, 0) is 66.6 Å². The predicted molar refractivity (Wildman–Crippen MR) is 100 cm³/mol. The first-order valence-corrected chi connectivity index (χ1v) is 7.84. The van der Waals surface area contributed by atoms with Gasteiger partial charge < -0.3 is 14.2 Å². The van der Waals surface area contributed by atoms with Crippen LogP contribution in [0.15, 0.2) is 48.6 Å². The number of ether oxygens (including phenoxy) is 3. The van der Waals surface area contributed by atoms with Gasteiger partial charge in [0.1, 0.15) is 17.2 Å². The first kappa shape index (κ1) is 18.3. The molecule has 2 rings (SSSR count). The van der Waals surface area contributed by atoms with Crippen molar-refractivity contribution in [3.63, 3.8) is 0 Å². The quantitative estimate of drug-likeness (QED) is 0.706. The predicted octanol–water partition coefficient (Wildman–Crippen LogP) is 4.32. The highest BCUT2D eigenvalue weighted by atomic mass is 16.5. The molecule has 0 radical (unpaired) electrons. The van der Waals surface area contributed by atoms with E-state index in [0.717, 1.165) is 22.4 Å². The highest BCUT2D eigenvalue weighted by molar-refractivity contribution is 6.04. The number of ketones is 1. The molecule has 0 bridgehead atoms. The molecule has 0 aliphatic carbocycles. The lowest BCUT2D eigenvalue weighted by atomic mass is 10.1. The van der Waals surface area contributed by atoms with Crippen LogP contribution < -0.4 is 14.2 Å². The summed E-state index contributed by atoms with van der Waals surface area (Å²) in [6.07, 6.45) is 6.54. The highest BCUT2D eigenvalue weighted by Crippen LogP contribution is 2.25. The molecule has 0 spiro atoms. The lowest BCUT2D eigenvalue weighted by Crippen LogP contribution is -1.91. The molecule has 0 N–H and O–H groups in total. The molecule has 25 heavy (non-hydrogen) atoms. The minimum atomic E-state index is -0.118. The van der Waals surface area contributed by atoms with Crippen LogP contribution in [0.4, 0.5) is 0 Å². The van der Waals surface area contributed by atoms with E-state index in [9.17, 15) is 4.79 Å². The number of carbonyl (C=O) groups excluding carboxylic acids is 1. The van der Waals surface area contributed by atoms with Gasteiger partial charge in [-0.15, -0.1) is 0 Å². The second-order valence-corrected chi connectivity index (χ2v) is 5.40. The molecule has 0 aliphatic heterocycles. The Morgan fingerprint density at radius 3 is 1.96 bits per heavy atom. The summed E-state index contributed by atoms with van der Waals surface area (Å²) in [5, 5.41) is 0. The number of benzene rings is 2. The lowest BCUT2D eigenvalue weighted by molar-refractivity contribution is -0.110. The number of aryl methyl sites for hydroxylation is 1. The molecular formula is C21H22O4. The van der Waals surface area contributed by atoms with E-state index < -0.39 is 0 Å². The number of rotatable bonds is 7. The largest absolute Gasteiger partial charge is 0.497 e. The topological polar surface area (TPSA) is 44.8 Å². The maximum atomic E-state index is 12.1. The summed E-state index contributed by atoms with van der Waals surface area (Å²) in [5.41, 5.74) is 2.80. The minimum absolute atomic E-state index is 0.118. The highest BCUT2D eigenvalue weighted by Gasteiger charge is 2.03. The van der Waals surface area contributed by atoms with Gasteiger partial charge in [-0.3, -0.25) is 4.79 Å². The molecule has 0 fully saturated rings. The van der Waals surface area contributed by atoms with Crippen LogP contribution in [-0.4, -0.2) is 27.1 Å². The van der Waals surface area contributed by atoms with Crippen LogP contribution in [0.25, 0.3) is 12.2 Å². The Hall–Kier alpha value is -3.01. The van der Waals surface area contributed by atoms with Crippen LogP contribution in [0.2, 0.25) is 0 Å². The van der Waals surface area contributed by atoms with Crippen molar-refractivity contribution in [2.75, 3.05) is 21.3 Å². The van der Waals surface area contributed by atoms with E-state index in [1.165, 1.54) is 12.2 Å². The fraction of sp³-hybridized carbons (Fsp3) is 0.190. The summed E-state index contributed by atoms with van der Waals surface area (Å²) in [6.45, 7) is 1.99. The van der Waals surface area contributed by atoms with Gasteiger partial charge in [0.15, 0.2) is 5.78 Å². The van der Waals surface area contributed by atoms with E-state index in [0.29, 0.717) is 11.5 Å². The standard InChI is InChI=1S/C21H22O4/c1-15-5-10-19(23-2)13-16(15)6-8-18(22)9-7-17-14-20(24-3)11-12-21(17)25-4/h5-14H,1-4H3/b8-6+,9-7+. The summed E-state index contributed by atoms with van der Waals surface area (Å²) in [4.78, 5) is 12.1. The molecule has 2 aromatic rings. The van der Waals surface area contributed by atoms with E-state index in [4.69, 9.17) is 14.2 Å². The van der Waals surface area contributed by atoms with E-state index in [2.05, 4.69) is 0 Å². The average Bonchev–Trinajstić information content (AvgIpc) is 2.65. The second-order valence-electron chi connectivity index (χ2n) is 5.40. The molecule has 0 amide bonds. The van der Waals surface area contributed by atoms with Crippen molar-refractivity contribution in [3.05, 3.63) is 65.2 Å². The average molecular weight is 338 g/mol. The third kappa shape index (κ3) is 4.98. The van der Waals surface area contributed by atoms with Gasteiger partial charge in [0.2, 0.25) is 0 Å². The van der Waals surface area contributed by atoms with Crippen LogP contribution >= 0.6 is 0 Å². The molecule has 2 aromatic carbocycles. The summed E-state index contributed by atoms with van der Waals surface area (Å²) >= 11 is 0. The zero-order valence-electron chi connectivity index (χ0n) is 14.9. The normalized spacial score (nSPS) is 11.0. The Morgan fingerprint density at radius 1 is 0.800 bits per heavy atom. The smallest absolute Gasteiger partial charge is 0.178 e. The SMILES string of the molecule is COc1ccc(C)c(/C=C/C(=O)/C=C/c2cc(OC)ccc2OC)c1. The molecule has 0 saturated heterocycles. The monoisotopic (exact) mass is 338 g/mol. The maximum Gasteiger partial charge on any atom is 0.178 e. The zero-order chi connectivity index (χ0) is 18.2. The molecule has 0 aliphatic rings. The van der Waals surface area contributed by atoms with Crippen LogP contribution in [0.3, 0.4) is 0 Å². The fourth-order valence-corrected chi connectivity index (χ4v) is 2.29. The Morgan fingerprint density at radius 2 is 1.36 bits per heavy atom. The molecular weight excluding hydrogens is 316 g/mol. The molecule has 130 valence electrons. The Bertz CT molecular complexity index is 804. The first-order chi connectivity index (χ1) is 12.1. The van der Waals surface area contributed by atoms with Crippen LogP contribution in [0.5, 0.6) is 17.2 Å². The van der Waals surface area contributed by atoms with Crippen molar-refractivity contribution in [1.29, 1.82) is 0 Å². The van der Waals surface area contributed by atoms with Crippen molar-refractivity contribution in [1.82, 2.24) is 0 Å². The molecule has 4 heteroatoms. The third-order valence-electron chi connectivity index (χ3n) is 3.78. The number of hydrogen-bond donors (Lipinski definition) is 0. The van der Waals surface area contributed by atoms with Crippen molar-refractivity contribution in [3.8, 4) is 17.2 Å². The lowest BCUT2D eigenvalue weighted by Gasteiger charge is -2.06. The van der Waals surface area contributed by atoms with Crippen LogP contribution in [0.1, 0.15) is 16.7 Å². The summed E-state index contributed by atoms with van der Waals surface area (Å²) in [5.74, 6) is 2.02. The van der Waals surface area contributed by atoms with Gasteiger partial charge in [0.05, 0.1) is 21.3 Å². The zero-order valence-corrected chi connectivity index (χ0v) is 14.9. The number of hydrogen-bond acceptors (Lipinski definition) is 4. The van der Waals surface area contributed by atoms with E-state index in [1.54, 1.807) is 39.5 Å². The number of allylic oxidation sites excluding steroid dienone is 2. The summed E-state index contributed by atoms with van der Waals surface area (Å²) < 4.78 is 15.7. The molecule has 0 atom stereocenters. The first-order valence-electron chi connectivity index (χ1n) is 7.84. The van der Waals surface area contributed by atoms with Crippen molar-refractivity contribution in [2.45, 2.75) is 6.92 Å². The van der Waals surface area contributed by atoms with Gasteiger partial charge >= 0.3 is 0 Å². The molecule has 0 aromatic heterocycles. The van der Waals surface area contributed by atoms with Crippen molar-refractivity contribution in [2.24, 2.45) is 0 Å². The van der Waals surface area contributed by atoms with Gasteiger partial charge in [-0.1, -0.05) is 12.1 Å². The minimum Gasteiger partial charge on any atom is -0.497 e.